The molecule has 2 nitrogen and oxygen atoms in total. The number of rotatable bonds is 1. The highest BCUT2D eigenvalue weighted by molar-refractivity contribution is 6.20. The Labute approximate surface area is 174 Å². The molecule has 0 bridgehead atoms. The minimum atomic E-state index is 0.0451. The second-order valence-corrected chi connectivity index (χ2v) is 8.01. The van der Waals surface area contributed by atoms with Gasteiger partial charge < -0.3 is 0 Å². The lowest BCUT2D eigenvalue weighted by atomic mass is 9.77. The molecular weight excluding hydrogens is 368 g/mol. The van der Waals surface area contributed by atoms with Crippen LogP contribution in [0.1, 0.15) is 54.1 Å². The van der Waals surface area contributed by atoms with Crippen LogP contribution in [0.15, 0.2) is 84.9 Å². The second-order valence-electron chi connectivity index (χ2n) is 8.01. The molecule has 142 valence electrons. The largest absolute Gasteiger partial charge is 0.289 e. The molecule has 0 aliphatic heterocycles. The summed E-state index contributed by atoms with van der Waals surface area (Å²) in [6, 6.07) is 27.6. The van der Waals surface area contributed by atoms with Crippen LogP contribution < -0.4 is 0 Å². The van der Waals surface area contributed by atoms with Crippen LogP contribution in [-0.2, 0) is 12.8 Å². The fraction of sp³-hybridized carbons (Fsp3) is 0.0714. The van der Waals surface area contributed by atoms with E-state index in [0.29, 0.717) is 0 Å². The van der Waals surface area contributed by atoms with Crippen molar-refractivity contribution in [1.29, 1.82) is 0 Å². The maximum atomic E-state index is 13.5. The number of benzene rings is 4. The van der Waals surface area contributed by atoms with E-state index in [0.717, 1.165) is 68.5 Å². The second kappa shape index (κ2) is 6.36. The van der Waals surface area contributed by atoms with Crippen molar-refractivity contribution >= 4 is 11.6 Å². The summed E-state index contributed by atoms with van der Waals surface area (Å²) in [5.74, 6) is 0.0902. The van der Waals surface area contributed by atoms with Gasteiger partial charge in [0, 0.05) is 22.3 Å². The standard InChI is InChI=1S/C28H18O2/c29-27-21-11-3-1-7-17(21)15-19-9-5-13-23(25(19)27)24-14-6-10-20-16-18-8-2-4-12-22(18)28(30)26(20)24/h1-14H,15-16H2. The van der Waals surface area contributed by atoms with E-state index >= 15 is 0 Å². The highest BCUT2D eigenvalue weighted by atomic mass is 16.1. The molecule has 0 spiro atoms. The van der Waals surface area contributed by atoms with Crippen molar-refractivity contribution in [2.45, 2.75) is 12.8 Å². The number of fused-ring (bicyclic) bond motifs is 4. The minimum Gasteiger partial charge on any atom is -0.289 e. The lowest BCUT2D eigenvalue weighted by Gasteiger charge is -2.25. The molecule has 0 radical (unpaired) electrons. The zero-order chi connectivity index (χ0) is 20.2. The molecule has 0 saturated carbocycles. The Bertz CT molecular complexity index is 1270. The summed E-state index contributed by atoms with van der Waals surface area (Å²) in [6.07, 6.45) is 1.47. The molecule has 0 amide bonds. The van der Waals surface area contributed by atoms with Gasteiger partial charge in [0.05, 0.1) is 0 Å². The summed E-state index contributed by atoms with van der Waals surface area (Å²) < 4.78 is 0. The van der Waals surface area contributed by atoms with Gasteiger partial charge in [0.15, 0.2) is 11.6 Å². The molecule has 2 aliphatic carbocycles. The minimum absolute atomic E-state index is 0.0451. The molecular formula is C28H18O2. The summed E-state index contributed by atoms with van der Waals surface area (Å²) in [4.78, 5) is 26.9. The highest BCUT2D eigenvalue weighted by Gasteiger charge is 2.30. The maximum absolute atomic E-state index is 13.5. The fourth-order valence-electron chi connectivity index (χ4n) is 4.95. The Morgan fingerprint density at radius 3 is 1.23 bits per heavy atom. The van der Waals surface area contributed by atoms with Crippen molar-refractivity contribution in [2.75, 3.05) is 0 Å². The topological polar surface area (TPSA) is 34.1 Å². The van der Waals surface area contributed by atoms with Crippen molar-refractivity contribution < 1.29 is 9.59 Å². The van der Waals surface area contributed by atoms with Gasteiger partial charge in [-0.15, -0.1) is 0 Å². The van der Waals surface area contributed by atoms with Crippen LogP contribution in [0.2, 0.25) is 0 Å². The van der Waals surface area contributed by atoms with Gasteiger partial charge in [-0.3, -0.25) is 9.59 Å². The third-order valence-electron chi connectivity index (χ3n) is 6.33. The molecule has 0 atom stereocenters. The van der Waals surface area contributed by atoms with Crippen molar-refractivity contribution in [3.05, 3.63) is 129 Å². The van der Waals surface area contributed by atoms with E-state index in [-0.39, 0.29) is 11.6 Å². The first kappa shape index (κ1) is 17.1. The molecule has 4 aromatic rings. The van der Waals surface area contributed by atoms with Crippen LogP contribution in [-0.4, -0.2) is 11.6 Å². The normalized spacial score (nSPS) is 13.9. The van der Waals surface area contributed by atoms with Gasteiger partial charge in [0.25, 0.3) is 0 Å². The lowest BCUT2D eigenvalue weighted by molar-refractivity contribution is 0.102. The van der Waals surface area contributed by atoms with E-state index in [1.54, 1.807) is 0 Å². The van der Waals surface area contributed by atoms with Crippen molar-refractivity contribution in [3.8, 4) is 11.1 Å². The predicted molar refractivity (Wildman–Crippen MR) is 117 cm³/mol. The van der Waals surface area contributed by atoms with Crippen LogP contribution >= 0.6 is 0 Å². The van der Waals surface area contributed by atoms with Gasteiger partial charge in [0.2, 0.25) is 0 Å². The lowest BCUT2D eigenvalue weighted by Crippen LogP contribution is -2.19. The summed E-state index contributed by atoms with van der Waals surface area (Å²) >= 11 is 0. The number of carbonyl (C=O) groups is 2. The summed E-state index contributed by atoms with van der Waals surface area (Å²) in [6.45, 7) is 0. The smallest absolute Gasteiger partial charge is 0.194 e. The van der Waals surface area contributed by atoms with Crippen molar-refractivity contribution in [1.82, 2.24) is 0 Å². The number of ketones is 2. The predicted octanol–water partition coefficient (Wildman–Crippen LogP) is 5.62. The van der Waals surface area contributed by atoms with Crippen molar-refractivity contribution in [2.24, 2.45) is 0 Å². The summed E-state index contributed by atoms with van der Waals surface area (Å²) in [5.41, 5.74) is 8.88. The van der Waals surface area contributed by atoms with Gasteiger partial charge in [-0.05, 0) is 46.2 Å². The molecule has 0 fully saturated rings. The summed E-state index contributed by atoms with van der Waals surface area (Å²) in [7, 11) is 0. The monoisotopic (exact) mass is 386 g/mol. The van der Waals surface area contributed by atoms with Crippen LogP contribution in [0, 0.1) is 0 Å². The molecule has 0 saturated heterocycles. The third-order valence-corrected chi connectivity index (χ3v) is 6.33. The van der Waals surface area contributed by atoms with Gasteiger partial charge in [-0.1, -0.05) is 84.9 Å². The van der Waals surface area contributed by atoms with Crippen LogP contribution in [0.5, 0.6) is 0 Å². The van der Waals surface area contributed by atoms with Crippen LogP contribution in [0.4, 0.5) is 0 Å². The van der Waals surface area contributed by atoms with Gasteiger partial charge in [0.1, 0.15) is 0 Å². The number of hydrogen-bond acceptors (Lipinski definition) is 2. The number of hydrogen-bond donors (Lipinski definition) is 0. The molecule has 2 heteroatoms. The van der Waals surface area contributed by atoms with Gasteiger partial charge in [-0.25, -0.2) is 0 Å². The number of carbonyl (C=O) groups excluding carboxylic acids is 2. The van der Waals surface area contributed by atoms with Gasteiger partial charge in [-0.2, -0.15) is 0 Å². The molecule has 2 aliphatic rings. The zero-order valence-electron chi connectivity index (χ0n) is 16.3. The Kier molecular flexibility index (Phi) is 3.63. The first-order chi connectivity index (χ1) is 14.7. The van der Waals surface area contributed by atoms with Crippen molar-refractivity contribution in [3.63, 3.8) is 0 Å². The molecule has 6 rings (SSSR count). The average Bonchev–Trinajstić information content (AvgIpc) is 2.78. The zero-order valence-corrected chi connectivity index (χ0v) is 16.3. The van der Waals surface area contributed by atoms with E-state index < -0.39 is 0 Å². The molecule has 4 aromatic carbocycles. The maximum Gasteiger partial charge on any atom is 0.194 e. The highest BCUT2D eigenvalue weighted by Crippen LogP contribution is 2.39. The average molecular weight is 386 g/mol. The van der Waals surface area contributed by atoms with E-state index in [9.17, 15) is 9.59 Å². The van der Waals surface area contributed by atoms with Crippen LogP contribution in [0.25, 0.3) is 11.1 Å². The third kappa shape index (κ3) is 2.37. The van der Waals surface area contributed by atoms with E-state index in [2.05, 4.69) is 0 Å². The molecule has 0 N–H and O–H groups in total. The first-order valence-electron chi connectivity index (χ1n) is 10.2. The van der Waals surface area contributed by atoms with Gasteiger partial charge >= 0.3 is 0 Å². The summed E-state index contributed by atoms with van der Waals surface area (Å²) in [5, 5.41) is 0. The molecule has 30 heavy (non-hydrogen) atoms. The first-order valence-corrected chi connectivity index (χ1v) is 10.2. The Hall–Kier alpha value is -3.78. The SMILES string of the molecule is O=C1c2ccccc2Cc2cccc(-c3cccc4c3C(=O)c3ccccc3C4)c21. The fourth-order valence-corrected chi connectivity index (χ4v) is 4.95. The van der Waals surface area contributed by atoms with Crippen LogP contribution in [0.3, 0.4) is 0 Å². The van der Waals surface area contributed by atoms with E-state index in [4.69, 9.17) is 0 Å². The molecule has 0 aromatic heterocycles. The molecule has 0 heterocycles. The quantitative estimate of drug-likeness (QED) is 0.367. The Balaban J connectivity index is 1.58. The Morgan fingerprint density at radius 1 is 0.400 bits per heavy atom. The Morgan fingerprint density at radius 2 is 0.767 bits per heavy atom. The van der Waals surface area contributed by atoms with E-state index in [1.807, 2.05) is 84.9 Å². The molecule has 0 unspecified atom stereocenters. The van der Waals surface area contributed by atoms with E-state index in [1.165, 1.54) is 0 Å².